The molecular formula is C23H21N7O3. The van der Waals surface area contributed by atoms with E-state index in [-0.39, 0.29) is 5.56 Å². The Hall–Kier alpha value is -4.47. The van der Waals surface area contributed by atoms with Crippen LogP contribution in [0.4, 0.5) is 22.0 Å². The summed E-state index contributed by atoms with van der Waals surface area (Å²) >= 11 is 0. The Balaban J connectivity index is 1.43. The molecule has 1 saturated heterocycles. The summed E-state index contributed by atoms with van der Waals surface area (Å²) in [6, 6.07) is 17.3. The monoisotopic (exact) mass is 443 g/mol. The summed E-state index contributed by atoms with van der Waals surface area (Å²) in [4.78, 5) is 36.3. The molecule has 166 valence electrons. The summed E-state index contributed by atoms with van der Waals surface area (Å²) in [5, 5.41) is 19.0. The average Bonchev–Trinajstić information content (AvgIpc) is 2.85. The van der Waals surface area contributed by atoms with E-state index in [1.165, 1.54) is 11.1 Å². The number of aromatic amines is 1. The van der Waals surface area contributed by atoms with Gasteiger partial charge in [-0.1, -0.05) is 30.3 Å². The van der Waals surface area contributed by atoms with Crippen LogP contribution in [0.25, 0.3) is 22.3 Å². The highest BCUT2D eigenvalue weighted by atomic mass is 16.4. The molecule has 3 heterocycles. The SMILES string of the molecule is O=C(O)N1CCN(c2ccc(Nc3nc(-c4ccccc4)nc4cn[nH]c(=O)c34)cc2)CC1. The Kier molecular flexibility index (Phi) is 5.31. The maximum atomic E-state index is 12.5. The van der Waals surface area contributed by atoms with Crippen molar-refractivity contribution in [3.8, 4) is 11.4 Å². The molecule has 4 aromatic rings. The minimum Gasteiger partial charge on any atom is -0.465 e. The highest BCUT2D eigenvalue weighted by molar-refractivity contribution is 5.91. The van der Waals surface area contributed by atoms with Crippen molar-refractivity contribution in [2.45, 2.75) is 0 Å². The number of nitrogens with zero attached hydrogens (tertiary/aromatic N) is 5. The molecule has 0 spiro atoms. The van der Waals surface area contributed by atoms with Gasteiger partial charge in [0, 0.05) is 43.1 Å². The molecule has 0 saturated carbocycles. The van der Waals surface area contributed by atoms with Crippen molar-refractivity contribution in [3.63, 3.8) is 0 Å². The average molecular weight is 443 g/mol. The lowest BCUT2D eigenvalue weighted by Gasteiger charge is -2.34. The van der Waals surface area contributed by atoms with Gasteiger partial charge in [0.25, 0.3) is 5.56 Å². The summed E-state index contributed by atoms with van der Waals surface area (Å²) in [6.07, 6.45) is 0.627. The van der Waals surface area contributed by atoms with Crippen LogP contribution in [0.2, 0.25) is 0 Å². The Morgan fingerprint density at radius 2 is 1.70 bits per heavy atom. The van der Waals surface area contributed by atoms with Crippen molar-refractivity contribution in [2.75, 3.05) is 36.4 Å². The minimum atomic E-state index is -0.883. The first kappa shape index (κ1) is 20.4. The van der Waals surface area contributed by atoms with Crippen molar-refractivity contribution < 1.29 is 9.90 Å². The zero-order chi connectivity index (χ0) is 22.8. The standard InChI is InChI=1S/C23H21N7O3/c31-22-19-18(14-24-28-22)26-20(15-4-2-1-3-5-15)27-21(19)25-16-6-8-17(9-7-16)29-10-12-30(13-11-29)23(32)33/h1-9,14H,10-13H2,(H,28,31)(H,32,33)(H,25,26,27). The van der Waals surface area contributed by atoms with E-state index in [4.69, 9.17) is 5.11 Å². The van der Waals surface area contributed by atoms with E-state index >= 15 is 0 Å². The van der Waals surface area contributed by atoms with Gasteiger partial charge in [0.15, 0.2) is 5.82 Å². The zero-order valence-electron chi connectivity index (χ0n) is 17.6. The van der Waals surface area contributed by atoms with E-state index in [9.17, 15) is 9.59 Å². The van der Waals surface area contributed by atoms with E-state index in [2.05, 4.69) is 30.4 Å². The molecule has 0 radical (unpaired) electrons. The number of carboxylic acid groups (broad SMARTS) is 1. The van der Waals surface area contributed by atoms with Gasteiger partial charge in [-0.25, -0.2) is 19.9 Å². The Morgan fingerprint density at radius 1 is 0.970 bits per heavy atom. The largest absolute Gasteiger partial charge is 0.465 e. The van der Waals surface area contributed by atoms with Gasteiger partial charge in [-0.3, -0.25) is 4.79 Å². The Bertz CT molecular complexity index is 1350. The molecule has 2 aromatic heterocycles. The number of anilines is 3. The quantitative estimate of drug-likeness (QED) is 0.439. The highest BCUT2D eigenvalue weighted by Gasteiger charge is 2.20. The van der Waals surface area contributed by atoms with Gasteiger partial charge >= 0.3 is 6.09 Å². The summed E-state index contributed by atoms with van der Waals surface area (Å²) in [6.45, 7) is 2.22. The maximum absolute atomic E-state index is 12.5. The molecule has 1 aliphatic rings. The lowest BCUT2D eigenvalue weighted by molar-refractivity contribution is 0.142. The van der Waals surface area contributed by atoms with Crippen LogP contribution in [-0.2, 0) is 0 Å². The number of nitrogens with one attached hydrogen (secondary N) is 2. The zero-order valence-corrected chi connectivity index (χ0v) is 17.6. The number of rotatable bonds is 4. The van der Waals surface area contributed by atoms with Crippen LogP contribution in [-0.4, -0.2) is 62.4 Å². The second kappa shape index (κ2) is 8.58. The van der Waals surface area contributed by atoms with Crippen molar-refractivity contribution >= 4 is 34.2 Å². The number of hydrogen-bond donors (Lipinski definition) is 3. The third-order valence-electron chi connectivity index (χ3n) is 5.59. The molecule has 1 amide bonds. The molecule has 0 atom stereocenters. The first-order chi connectivity index (χ1) is 16.1. The van der Waals surface area contributed by atoms with Gasteiger partial charge in [0.05, 0.1) is 6.20 Å². The summed E-state index contributed by atoms with van der Waals surface area (Å²) in [7, 11) is 0. The fourth-order valence-corrected chi connectivity index (χ4v) is 3.86. The van der Waals surface area contributed by atoms with Crippen molar-refractivity contribution in [3.05, 3.63) is 71.1 Å². The second-order valence-electron chi connectivity index (χ2n) is 7.65. The van der Waals surface area contributed by atoms with Crippen LogP contribution in [0.3, 0.4) is 0 Å². The summed E-state index contributed by atoms with van der Waals surface area (Å²) in [5.74, 6) is 0.885. The lowest BCUT2D eigenvalue weighted by Crippen LogP contribution is -2.48. The van der Waals surface area contributed by atoms with E-state index in [0.29, 0.717) is 48.7 Å². The number of hydrogen-bond acceptors (Lipinski definition) is 7. The van der Waals surface area contributed by atoms with Gasteiger partial charge in [-0.15, -0.1) is 0 Å². The Morgan fingerprint density at radius 3 is 2.39 bits per heavy atom. The maximum Gasteiger partial charge on any atom is 0.407 e. The van der Waals surface area contributed by atoms with Gasteiger partial charge in [-0.2, -0.15) is 5.10 Å². The lowest BCUT2D eigenvalue weighted by atomic mass is 10.2. The molecular weight excluding hydrogens is 422 g/mol. The predicted octanol–water partition coefficient (Wildman–Crippen LogP) is 2.92. The van der Waals surface area contributed by atoms with Crippen LogP contribution < -0.4 is 15.8 Å². The van der Waals surface area contributed by atoms with Crippen LogP contribution in [0.5, 0.6) is 0 Å². The number of benzene rings is 2. The van der Waals surface area contributed by atoms with Gasteiger partial charge in [0.1, 0.15) is 16.7 Å². The van der Waals surface area contributed by atoms with Gasteiger partial charge in [0.2, 0.25) is 0 Å². The van der Waals surface area contributed by atoms with Crippen molar-refractivity contribution in [2.24, 2.45) is 0 Å². The smallest absolute Gasteiger partial charge is 0.407 e. The van der Waals surface area contributed by atoms with Crippen molar-refractivity contribution in [1.82, 2.24) is 25.1 Å². The molecule has 1 fully saturated rings. The molecule has 1 aliphatic heterocycles. The second-order valence-corrected chi connectivity index (χ2v) is 7.65. The first-order valence-corrected chi connectivity index (χ1v) is 10.5. The predicted molar refractivity (Wildman–Crippen MR) is 125 cm³/mol. The van der Waals surface area contributed by atoms with Crippen LogP contribution >= 0.6 is 0 Å². The number of amides is 1. The van der Waals surface area contributed by atoms with Gasteiger partial charge in [-0.05, 0) is 24.3 Å². The van der Waals surface area contributed by atoms with Crippen LogP contribution in [0, 0.1) is 0 Å². The highest BCUT2D eigenvalue weighted by Crippen LogP contribution is 2.26. The number of H-pyrrole nitrogens is 1. The minimum absolute atomic E-state index is 0.332. The molecule has 5 rings (SSSR count). The number of carbonyl (C=O) groups is 1. The number of piperazine rings is 1. The van der Waals surface area contributed by atoms with E-state index < -0.39 is 6.09 Å². The molecule has 10 nitrogen and oxygen atoms in total. The summed E-state index contributed by atoms with van der Waals surface area (Å²) in [5.41, 5.74) is 2.67. The fourth-order valence-electron chi connectivity index (χ4n) is 3.86. The van der Waals surface area contributed by atoms with Crippen LogP contribution in [0.15, 0.2) is 65.6 Å². The molecule has 2 aromatic carbocycles. The van der Waals surface area contributed by atoms with Gasteiger partial charge < -0.3 is 20.2 Å². The van der Waals surface area contributed by atoms with Crippen LogP contribution in [0.1, 0.15) is 0 Å². The fraction of sp³-hybridized carbons (Fsp3) is 0.174. The molecule has 0 bridgehead atoms. The molecule has 0 aliphatic carbocycles. The molecule has 10 heteroatoms. The van der Waals surface area contributed by atoms with E-state index in [1.807, 2.05) is 54.6 Å². The topological polar surface area (TPSA) is 127 Å². The molecule has 0 unspecified atom stereocenters. The van der Waals surface area contributed by atoms with E-state index in [1.54, 1.807) is 0 Å². The van der Waals surface area contributed by atoms with Crippen molar-refractivity contribution in [1.29, 1.82) is 0 Å². The Labute approximate surface area is 188 Å². The van der Waals surface area contributed by atoms with E-state index in [0.717, 1.165) is 16.9 Å². The third-order valence-corrected chi connectivity index (χ3v) is 5.59. The normalized spacial score (nSPS) is 13.8. The summed E-state index contributed by atoms with van der Waals surface area (Å²) < 4.78 is 0. The first-order valence-electron chi connectivity index (χ1n) is 10.5. The third kappa shape index (κ3) is 4.18. The number of fused-ring (bicyclic) bond motifs is 1. The molecule has 3 N–H and O–H groups in total. The molecule has 33 heavy (non-hydrogen) atoms. The number of aromatic nitrogens is 4.